The van der Waals surface area contributed by atoms with Gasteiger partial charge in [0.2, 0.25) is 5.91 Å². The number of hydrogen-bond donors (Lipinski definition) is 1. The van der Waals surface area contributed by atoms with Gasteiger partial charge in [-0.15, -0.1) is 11.6 Å². The van der Waals surface area contributed by atoms with E-state index in [1.165, 1.54) is 11.2 Å². The Labute approximate surface area is 202 Å². The van der Waals surface area contributed by atoms with Crippen LogP contribution in [-0.4, -0.2) is 74.0 Å². The van der Waals surface area contributed by atoms with Crippen LogP contribution in [0, 0.1) is 11.8 Å². The molecule has 1 saturated carbocycles. The van der Waals surface area contributed by atoms with Crippen molar-refractivity contribution in [3.63, 3.8) is 0 Å². The van der Waals surface area contributed by atoms with Gasteiger partial charge in [-0.2, -0.15) is 5.10 Å². The van der Waals surface area contributed by atoms with E-state index in [0.717, 1.165) is 25.7 Å². The third-order valence-electron chi connectivity index (χ3n) is 7.28. The second-order valence-electron chi connectivity index (χ2n) is 9.55. The van der Waals surface area contributed by atoms with Gasteiger partial charge in [0.25, 0.3) is 5.91 Å². The van der Waals surface area contributed by atoms with Gasteiger partial charge >= 0.3 is 0 Å². The van der Waals surface area contributed by atoms with Crippen LogP contribution < -0.4 is 5.32 Å². The first kappa shape index (κ1) is 23.0. The minimum atomic E-state index is -0.731. The molecule has 9 nitrogen and oxygen atoms in total. The Morgan fingerprint density at radius 1 is 1.24 bits per heavy atom. The lowest BCUT2D eigenvalue weighted by Crippen LogP contribution is -2.55. The molecule has 1 aromatic heterocycles. The fourth-order valence-corrected chi connectivity index (χ4v) is 5.72. The first-order valence-corrected chi connectivity index (χ1v) is 12.2. The highest BCUT2D eigenvalue weighted by atomic mass is 35.5. The maximum Gasteiger partial charge on any atom is 0.252 e. The monoisotopic (exact) mass is 485 g/mol. The lowest BCUT2D eigenvalue weighted by atomic mass is 9.78. The molecule has 2 aromatic rings. The van der Waals surface area contributed by atoms with Gasteiger partial charge < -0.3 is 15.0 Å². The number of carbonyl (C=O) groups excluding carboxylic acids is 3. The highest BCUT2D eigenvalue weighted by Crippen LogP contribution is 2.35. The number of amides is 2. The molecule has 2 aliphatic heterocycles. The third kappa shape index (κ3) is 4.34. The van der Waals surface area contributed by atoms with Gasteiger partial charge in [-0.25, -0.2) is 9.67 Å². The average Bonchev–Trinajstić information content (AvgIpc) is 3.58. The van der Waals surface area contributed by atoms with Gasteiger partial charge in [-0.05, 0) is 42.9 Å². The molecule has 1 unspecified atom stereocenters. The van der Waals surface area contributed by atoms with E-state index in [1.54, 1.807) is 29.2 Å². The fraction of sp³-hybridized carbons (Fsp3) is 0.542. The SMILES string of the molecule is CC1CCC(C(NC(=O)c2cccc(-n3cncn3)c2)C(=O)N2C[C@H](Cl)[C@H]3OCC(=O)[C@H]32)CC1. The highest BCUT2D eigenvalue weighted by molar-refractivity contribution is 6.22. The molecule has 180 valence electrons. The summed E-state index contributed by atoms with van der Waals surface area (Å²) in [7, 11) is 0. The van der Waals surface area contributed by atoms with Gasteiger partial charge in [-0.1, -0.05) is 25.8 Å². The number of nitrogens with one attached hydrogen (secondary N) is 1. The van der Waals surface area contributed by atoms with Gasteiger partial charge in [0.1, 0.15) is 37.4 Å². The fourth-order valence-electron chi connectivity index (χ4n) is 5.36. The number of nitrogens with zero attached hydrogens (tertiary/aromatic N) is 4. The Kier molecular flexibility index (Phi) is 6.40. The Morgan fingerprint density at radius 2 is 2.03 bits per heavy atom. The number of aromatic nitrogens is 3. The predicted octanol–water partition coefficient (Wildman–Crippen LogP) is 1.98. The number of fused-ring (bicyclic) bond motifs is 1. The molecule has 1 aliphatic carbocycles. The van der Waals surface area contributed by atoms with E-state index in [1.807, 2.05) is 6.07 Å². The first-order valence-electron chi connectivity index (χ1n) is 11.8. The van der Waals surface area contributed by atoms with Crippen LogP contribution >= 0.6 is 11.6 Å². The summed E-state index contributed by atoms with van der Waals surface area (Å²) in [5.74, 6) is -0.139. The number of hydrogen-bond acceptors (Lipinski definition) is 6. The van der Waals surface area contributed by atoms with E-state index in [4.69, 9.17) is 16.3 Å². The summed E-state index contributed by atoms with van der Waals surface area (Å²) in [4.78, 5) is 45.1. The topological polar surface area (TPSA) is 106 Å². The predicted molar refractivity (Wildman–Crippen MR) is 124 cm³/mol. The number of rotatable bonds is 5. The van der Waals surface area contributed by atoms with Crippen LogP contribution in [0.5, 0.6) is 0 Å². The van der Waals surface area contributed by atoms with E-state index < -0.39 is 23.6 Å². The summed E-state index contributed by atoms with van der Waals surface area (Å²) in [5, 5.41) is 6.67. The Bertz CT molecular complexity index is 1070. The van der Waals surface area contributed by atoms with Crippen LogP contribution in [0.2, 0.25) is 0 Å². The normalized spacial score (nSPS) is 29.6. The summed E-state index contributed by atoms with van der Waals surface area (Å²) in [6.07, 6.45) is 6.17. The second-order valence-corrected chi connectivity index (χ2v) is 10.1. The zero-order chi connectivity index (χ0) is 23.8. The van der Waals surface area contributed by atoms with Crippen molar-refractivity contribution in [2.45, 2.75) is 56.2 Å². The Hall–Kier alpha value is -2.78. The Morgan fingerprint density at radius 3 is 2.76 bits per heavy atom. The molecule has 1 aromatic carbocycles. The number of ketones is 1. The molecule has 2 amide bonds. The third-order valence-corrected chi connectivity index (χ3v) is 7.67. The van der Waals surface area contributed by atoms with E-state index in [9.17, 15) is 14.4 Å². The smallest absolute Gasteiger partial charge is 0.252 e. The van der Waals surface area contributed by atoms with Crippen LogP contribution in [0.4, 0.5) is 0 Å². The van der Waals surface area contributed by atoms with Gasteiger partial charge in [-0.3, -0.25) is 14.4 Å². The minimum Gasteiger partial charge on any atom is -0.366 e. The van der Waals surface area contributed by atoms with Crippen molar-refractivity contribution in [3.05, 3.63) is 42.5 Å². The van der Waals surface area contributed by atoms with E-state index in [-0.39, 0.29) is 36.7 Å². The number of halogens is 1. The maximum absolute atomic E-state index is 13.8. The summed E-state index contributed by atoms with van der Waals surface area (Å²) < 4.78 is 7.11. The molecule has 4 atom stereocenters. The van der Waals surface area contributed by atoms with Gasteiger partial charge in [0.05, 0.1) is 11.1 Å². The molecule has 3 heterocycles. The van der Waals surface area contributed by atoms with E-state index >= 15 is 0 Å². The lowest BCUT2D eigenvalue weighted by molar-refractivity contribution is -0.139. The molecular formula is C24H28ClN5O4. The van der Waals surface area contributed by atoms with Crippen LogP contribution in [-0.2, 0) is 14.3 Å². The first-order chi connectivity index (χ1) is 16.4. The largest absolute Gasteiger partial charge is 0.366 e. The van der Waals surface area contributed by atoms with Crippen molar-refractivity contribution in [1.29, 1.82) is 0 Å². The Balaban J connectivity index is 1.39. The molecule has 3 aliphatic rings. The van der Waals surface area contributed by atoms with Crippen LogP contribution in [0.15, 0.2) is 36.9 Å². The summed E-state index contributed by atoms with van der Waals surface area (Å²) >= 11 is 6.42. The number of alkyl halides is 1. The molecule has 0 spiro atoms. The van der Waals surface area contributed by atoms with Crippen LogP contribution in [0.1, 0.15) is 43.0 Å². The highest BCUT2D eigenvalue weighted by Gasteiger charge is 2.53. The van der Waals surface area contributed by atoms with Crippen molar-refractivity contribution >= 4 is 29.2 Å². The van der Waals surface area contributed by atoms with E-state index in [0.29, 0.717) is 17.2 Å². The average molecular weight is 486 g/mol. The summed E-state index contributed by atoms with van der Waals surface area (Å²) in [5.41, 5.74) is 1.12. The van der Waals surface area contributed by atoms with Crippen LogP contribution in [0.25, 0.3) is 5.69 Å². The van der Waals surface area contributed by atoms with E-state index in [2.05, 4.69) is 22.3 Å². The van der Waals surface area contributed by atoms with Gasteiger partial charge in [0, 0.05) is 12.1 Å². The number of likely N-dealkylation sites (tertiary alicyclic amines) is 1. The molecule has 2 saturated heterocycles. The molecule has 0 bridgehead atoms. The maximum atomic E-state index is 13.8. The zero-order valence-corrected chi connectivity index (χ0v) is 19.7. The van der Waals surface area contributed by atoms with Gasteiger partial charge in [0.15, 0.2) is 5.78 Å². The number of Topliss-reactive ketones (excluding diaryl/α,β-unsaturated/α-hetero) is 1. The quantitative estimate of drug-likeness (QED) is 0.649. The van der Waals surface area contributed by atoms with Crippen molar-refractivity contribution in [3.8, 4) is 5.69 Å². The summed E-state index contributed by atoms with van der Waals surface area (Å²) in [6.45, 7) is 2.41. The summed E-state index contributed by atoms with van der Waals surface area (Å²) in [6, 6.07) is 5.60. The standard InChI is InChI=1S/C24H28ClN5O4/c1-14-5-7-15(8-6-14)20(24(33)29-10-18(25)22-21(29)19(31)11-34-22)28-23(32)16-3-2-4-17(9-16)30-13-26-12-27-30/h2-4,9,12-15,18,20-22H,5-8,10-11H2,1H3,(H,28,32)/t14?,15?,18-,20?,21+,22+/m0/s1. The molecule has 34 heavy (non-hydrogen) atoms. The minimum absolute atomic E-state index is 0.00334. The molecule has 0 radical (unpaired) electrons. The number of ether oxygens (including phenoxy) is 1. The lowest BCUT2D eigenvalue weighted by Gasteiger charge is -2.35. The number of benzene rings is 1. The molecule has 5 rings (SSSR count). The van der Waals surface area contributed by atoms with Crippen molar-refractivity contribution in [2.75, 3.05) is 13.2 Å². The molecule has 3 fully saturated rings. The molecular weight excluding hydrogens is 458 g/mol. The molecule has 10 heteroatoms. The van der Waals surface area contributed by atoms with Crippen molar-refractivity contribution in [2.24, 2.45) is 11.8 Å². The molecule has 1 N–H and O–H groups in total. The van der Waals surface area contributed by atoms with Crippen molar-refractivity contribution in [1.82, 2.24) is 25.0 Å². The second kappa shape index (κ2) is 9.46. The van der Waals surface area contributed by atoms with Crippen LogP contribution in [0.3, 0.4) is 0 Å². The number of carbonyl (C=O) groups is 3. The van der Waals surface area contributed by atoms with Crippen molar-refractivity contribution < 1.29 is 19.1 Å². The zero-order valence-electron chi connectivity index (χ0n) is 19.0.